The lowest BCUT2D eigenvalue weighted by atomic mass is 10.0. The van der Waals surface area contributed by atoms with Gasteiger partial charge in [-0.05, 0) is 56.2 Å². The van der Waals surface area contributed by atoms with Gasteiger partial charge >= 0.3 is 0 Å². The predicted octanol–water partition coefficient (Wildman–Crippen LogP) is 3.81. The Bertz CT molecular complexity index is 948. The maximum absolute atomic E-state index is 12.2. The van der Waals surface area contributed by atoms with Crippen molar-refractivity contribution in [3.05, 3.63) is 48.3 Å². The van der Waals surface area contributed by atoms with Crippen molar-refractivity contribution < 1.29 is 12.8 Å². The second-order valence-electron chi connectivity index (χ2n) is 5.87. The van der Waals surface area contributed by atoms with Crippen LogP contribution in [0.5, 0.6) is 0 Å². The number of halogens is 1. The summed E-state index contributed by atoms with van der Waals surface area (Å²) in [5.74, 6) is 0. The molecule has 7 heteroatoms. The zero-order valence-electron chi connectivity index (χ0n) is 14.7. The molecule has 25 heavy (non-hydrogen) atoms. The molecule has 0 aliphatic carbocycles. The third-order valence-corrected chi connectivity index (χ3v) is 5.21. The molecule has 1 aromatic carbocycles. The summed E-state index contributed by atoms with van der Waals surface area (Å²) < 4.78 is 36.4. The standard InChI is InChI=1S/C17H19N3O2S.CH3F/c1-11(2)20-23(21,22)14-6-4-13(5-7-14)15-8-9-18-17-16(15)10-12(3)19-17;1-2/h4-11,20H,1-3H3,(H,18,19);1H3. The second-order valence-corrected chi connectivity index (χ2v) is 7.59. The molecule has 0 amide bonds. The van der Waals surface area contributed by atoms with E-state index in [1.165, 1.54) is 0 Å². The number of fused-ring (bicyclic) bond motifs is 1. The molecule has 134 valence electrons. The lowest BCUT2D eigenvalue weighted by Crippen LogP contribution is -2.30. The van der Waals surface area contributed by atoms with Crippen LogP contribution < -0.4 is 4.72 Å². The number of rotatable bonds is 4. The number of pyridine rings is 1. The fourth-order valence-electron chi connectivity index (χ4n) is 2.60. The number of alkyl halides is 1. The molecular weight excluding hydrogens is 341 g/mol. The van der Waals surface area contributed by atoms with E-state index in [0.717, 1.165) is 27.9 Å². The van der Waals surface area contributed by atoms with E-state index in [1.807, 2.05) is 31.2 Å². The average molecular weight is 363 g/mol. The summed E-state index contributed by atoms with van der Waals surface area (Å²) in [5, 5.41) is 1.03. The summed E-state index contributed by atoms with van der Waals surface area (Å²) in [6.45, 7) is 5.58. The topological polar surface area (TPSA) is 74.8 Å². The molecular formula is C18H22FN3O2S. The molecule has 5 nitrogen and oxygen atoms in total. The molecule has 2 aromatic heterocycles. The molecule has 0 aliphatic rings. The lowest BCUT2D eigenvalue weighted by molar-refractivity contribution is 0.570. The van der Waals surface area contributed by atoms with Gasteiger partial charge in [0, 0.05) is 23.3 Å². The third-order valence-electron chi connectivity index (χ3n) is 3.53. The van der Waals surface area contributed by atoms with E-state index >= 15 is 0 Å². The Morgan fingerprint density at radius 2 is 1.76 bits per heavy atom. The summed E-state index contributed by atoms with van der Waals surface area (Å²) in [4.78, 5) is 7.79. The van der Waals surface area contributed by atoms with E-state index in [9.17, 15) is 12.8 Å². The first-order valence-electron chi connectivity index (χ1n) is 7.82. The van der Waals surface area contributed by atoms with Gasteiger partial charge in [-0.3, -0.25) is 4.39 Å². The molecule has 3 rings (SSSR count). The van der Waals surface area contributed by atoms with E-state index in [-0.39, 0.29) is 10.9 Å². The van der Waals surface area contributed by atoms with E-state index < -0.39 is 10.0 Å². The summed E-state index contributed by atoms with van der Waals surface area (Å²) in [6, 6.07) is 10.8. The number of hydrogen-bond donors (Lipinski definition) is 2. The Hall–Kier alpha value is -2.25. The molecule has 0 saturated heterocycles. The molecule has 0 unspecified atom stereocenters. The van der Waals surface area contributed by atoms with Gasteiger partial charge in [0.15, 0.2) is 0 Å². The highest BCUT2D eigenvalue weighted by Crippen LogP contribution is 2.28. The first-order chi connectivity index (χ1) is 11.9. The van der Waals surface area contributed by atoms with E-state index in [0.29, 0.717) is 7.18 Å². The number of benzene rings is 1. The average Bonchev–Trinajstić information content (AvgIpc) is 2.96. The summed E-state index contributed by atoms with van der Waals surface area (Å²) in [6.07, 6.45) is 1.75. The maximum atomic E-state index is 12.2. The van der Waals surface area contributed by atoms with Gasteiger partial charge in [0.05, 0.1) is 12.1 Å². The van der Waals surface area contributed by atoms with Crippen molar-refractivity contribution in [1.29, 1.82) is 0 Å². The van der Waals surface area contributed by atoms with Crippen molar-refractivity contribution in [2.24, 2.45) is 0 Å². The lowest BCUT2D eigenvalue weighted by Gasteiger charge is -2.10. The maximum Gasteiger partial charge on any atom is 0.240 e. The monoisotopic (exact) mass is 363 g/mol. The van der Waals surface area contributed by atoms with Gasteiger partial charge in [-0.25, -0.2) is 18.1 Å². The first kappa shape index (κ1) is 19.1. The Kier molecular flexibility index (Phi) is 5.92. The van der Waals surface area contributed by atoms with Crippen LogP contribution in [0, 0.1) is 6.92 Å². The van der Waals surface area contributed by atoms with Gasteiger partial charge in [0.2, 0.25) is 10.0 Å². The van der Waals surface area contributed by atoms with Gasteiger partial charge in [-0.1, -0.05) is 12.1 Å². The van der Waals surface area contributed by atoms with Crippen LogP contribution >= 0.6 is 0 Å². The van der Waals surface area contributed by atoms with Crippen LogP contribution in [-0.2, 0) is 10.0 Å². The third kappa shape index (κ3) is 4.24. The van der Waals surface area contributed by atoms with Crippen molar-refractivity contribution in [1.82, 2.24) is 14.7 Å². The Morgan fingerprint density at radius 3 is 2.36 bits per heavy atom. The number of hydrogen-bond acceptors (Lipinski definition) is 3. The van der Waals surface area contributed by atoms with Crippen molar-refractivity contribution in [2.75, 3.05) is 7.18 Å². The van der Waals surface area contributed by atoms with Crippen molar-refractivity contribution >= 4 is 21.1 Å². The Balaban J connectivity index is 0.00000109. The highest BCUT2D eigenvalue weighted by molar-refractivity contribution is 7.89. The Morgan fingerprint density at radius 1 is 1.12 bits per heavy atom. The van der Waals surface area contributed by atoms with Gasteiger partial charge in [0.25, 0.3) is 0 Å². The smallest absolute Gasteiger partial charge is 0.240 e. The van der Waals surface area contributed by atoms with Crippen LogP contribution in [0.3, 0.4) is 0 Å². The summed E-state index contributed by atoms with van der Waals surface area (Å²) in [7, 11) is -2.97. The molecule has 3 aromatic rings. The minimum atomic E-state index is -3.47. The van der Waals surface area contributed by atoms with Crippen LogP contribution in [0.15, 0.2) is 47.5 Å². The van der Waals surface area contributed by atoms with Gasteiger partial charge in [0.1, 0.15) is 5.65 Å². The van der Waals surface area contributed by atoms with Crippen LogP contribution in [-0.4, -0.2) is 31.6 Å². The van der Waals surface area contributed by atoms with Gasteiger partial charge in [-0.15, -0.1) is 0 Å². The molecule has 2 N–H and O–H groups in total. The highest BCUT2D eigenvalue weighted by atomic mass is 32.2. The number of nitrogens with one attached hydrogen (secondary N) is 2. The zero-order valence-corrected chi connectivity index (χ0v) is 15.5. The van der Waals surface area contributed by atoms with Crippen LogP contribution in [0.25, 0.3) is 22.2 Å². The summed E-state index contributed by atoms with van der Waals surface area (Å²) in [5.41, 5.74) is 3.86. The molecule has 0 fully saturated rings. The molecule has 0 aliphatic heterocycles. The number of sulfonamides is 1. The van der Waals surface area contributed by atoms with E-state index in [1.54, 1.807) is 32.2 Å². The highest BCUT2D eigenvalue weighted by Gasteiger charge is 2.15. The molecule has 2 heterocycles. The first-order valence-corrected chi connectivity index (χ1v) is 9.30. The van der Waals surface area contributed by atoms with Gasteiger partial charge < -0.3 is 4.98 Å². The van der Waals surface area contributed by atoms with Gasteiger partial charge in [-0.2, -0.15) is 0 Å². The minimum Gasteiger partial charge on any atom is -0.344 e. The molecule has 0 bridgehead atoms. The van der Waals surface area contributed by atoms with Crippen LogP contribution in [0.4, 0.5) is 4.39 Å². The zero-order chi connectivity index (χ0) is 18.6. The minimum absolute atomic E-state index is 0.137. The predicted molar refractivity (Wildman–Crippen MR) is 98.8 cm³/mol. The number of aromatic amines is 1. The number of H-pyrrole nitrogens is 1. The normalized spacial score (nSPS) is 11.4. The molecule has 0 saturated carbocycles. The van der Waals surface area contributed by atoms with Crippen molar-refractivity contribution in [3.8, 4) is 11.1 Å². The van der Waals surface area contributed by atoms with E-state index in [4.69, 9.17) is 0 Å². The fourth-order valence-corrected chi connectivity index (χ4v) is 3.85. The Labute approximate surface area is 147 Å². The molecule has 0 spiro atoms. The number of aryl methyl sites for hydroxylation is 1. The molecule has 0 radical (unpaired) electrons. The number of nitrogens with zero attached hydrogens (tertiary/aromatic N) is 1. The quantitative estimate of drug-likeness (QED) is 0.740. The van der Waals surface area contributed by atoms with E-state index in [2.05, 4.69) is 14.7 Å². The fraction of sp³-hybridized carbons (Fsp3) is 0.278. The second kappa shape index (κ2) is 7.76. The molecule has 0 atom stereocenters. The van der Waals surface area contributed by atoms with Crippen molar-refractivity contribution in [2.45, 2.75) is 31.7 Å². The summed E-state index contributed by atoms with van der Waals surface area (Å²) >= 11 is 0. The number of aromatic nitrogens is 2. The van der Waals surface area contributed by atoms with Crippen LogP contribution in [0.2, 0.25) is 0 Å². The SMILES string of the molecule is CF.Cc1cc2c(-c3ccc(S(=O)(=O)NC(C)C)cc3)ccnc2[nH]1. The largest absolute Gasteiger partial charge is 0.344 e. The van der Waals surface area contributed by atoms with Crippen LogP contribution in [0.1, 0.15) is 19.5 Å². The van der Waals surface area contributed by atoms with Crippen molar-refractivity contribution in [3.63, 3.8) is 0 Å².